The summed E-state index contributed by atoms with van der Waals surface area (Å²) in [5.74, 6) is 3.83. The van der Waals surface area contributed by atoms with Crippen LogP contribution in [0.3, 0.4) is 0 Å². The Kier molecular flexibility index (Phi) is 9.71. The molecule has 0 aromatic heterocycles. The van der Waals surface area contributed by atoms with Gasteiger partial charge in [0.15, 0.2) is 0 Å². The molecule has 0 aliphatic heterocycles. The highest BCUT2D eigenvalue weighted by atomic mass is 16.3. The van der Waals surface area contributed by atoms with Gasteiger partial charge in [-0.15, -0.1) is 0 Å². The summed E-state index contributed by atoms with van der Waals surface area (Å²) in [6.07, 6.45) is 13.0. The monoisotopic (exact) mass is 439 g/mol. The van der Waals surface area contributed by atoms with Crippen molar-refractivity contribution in [3.05, 3.63) is 47.2 Å². The lowest BCUT2D eigenvalue weighted by molar-refractivity contribution is 0.0963. The highest BCUT2D eigenvalue weighted by Gasteiger charge is 2.38. The van der Waals surface area contributed by atoms with Gasteiger partial charge in [-0.05, 0) is 61.3 Å². The fourth-order valence-electron chi connectivity index (χ4n) is 6.01. The zero-order chi connectivity index (χ0) is 23.1. The average molecular weight is 440 g/mol. The molecular formula is C30H49NO. The van der Waals surface area contributed by atoms with Crippen LogP contribution in [-0.2, 0) is 0 Å². The molecule has 2 saturated carbocycles. The van der Waals surface area contributed by atoms with E-state index < -0.39 is 6.10 Å². The Morgan fingerprint density at radius 2 is 1.69 bits per heavy atom. The molecule has 2 fully saturated rings. The lowest BCUT2D eigenvalue weighted by atomic mass is 9.63. The number of nitrogens with one attached hydrogen (secondary N) is 1. The highest BCUT2D eigenvalue weighted by Crippen LogP contribution is 2.46. The van der Waals surface area contributed by atoms with Gasteiger partial charge in [0.1, 0.15) is 0 Å². The third-order valence-electron chi connectivity index (χ3n) is 8.77. The molecule has 2 aliphatic rings. The summed E-state index contributed by atoms with van der Waals surface area (Å²) in [5, 5.41) is 14.9. The van der Waals surface area contributed by atoms with Gasteiger partial charge in [0.2, 0.25) is 0 Å². The van der Waals surface area contributed by atoms with Gasteiger partial charge in [-0.2, -0.15) is 0 Å². The van der Waals surface area contributed by atoms with Crippen LogP contribution in [0.25, 0.3) is 0 Å². The molecule has 2 heteroatoms. The van der Waals surface area contributed by atoms with Crippen molar-refractivity contribution in [3.8, 4) is 0 Å². The molecule has 0 amide bonds. The molecular weight excluding hydrogens is 390 g/mol. The van der Waals surface area contributed by atoms with E-state index >= 15 is 0 Å². The topological polar surface area (TPSA) is 32.3 Å². The van der Waals surface area contributed by atoms with E-state index in [0.717, 1.165) is 29.2 Å². The van der Waals surface area contributed by atoms with Crippen molar-refractivity contribution in [2.24, 2.45) is 29.6 Å². The van der Waals surface area contributed by atoms with Crippen LogP contribution in [-0.4, -0.2) is 11.1 Å². The van der Waals surface area contributed by atoms with E-state index in [9.17, 15) is 5.11 Å². The predicted molar refractivity (Wildman–Crippen MR) is 137 cm³/mol. The SMILES string of the molecule is CC[C@@H](C)CCCC(C)C(C1CCC1)C(C)C(NC(C)C(O)c1ccccc1)=C1CCC1. The predicted octanol–water partition coefficient (Wildman–Crippen LogP) is 8.04. The summed E-state index contributed by atoms with van der Waals surface area (Å²) in [4.78, 5) is 0. The molecule has 2 aliphatic carbocycles. The maximum Gasteiger partial charge on any atom is 0.0988 e. The Bertz CT molecular complexity index is 701. The number of aliphatic hydroxyl groups excluding tert-OH is 1. The summed E-state index contributed by atoms with van der Waals surface area (Å²) in [5.41, 5.74) is 4.11. The van der Waals surface area contributed by atoms with Crippen LogP contribution in [0.15, 0.2) is 41.6 Å². The second kappa shape index (κ2) is 12.3. The summed E-state index contributed by atoms with van der Waals surface area (Å²) < 4.78 is 0. The van der Waals surface area contributed by atoms with E-state index in [1.165, 1.54) is 69.9 Å². The van der Waals surface area contributed by atoms with Crippen molar-refractivity contribution < 1.29 is 5.11 Å². The standard InChI is InChI=1S/C30H49NO/c1-6-21(2)13-10-14-22(3)28(25-17-11-18-25)23(4)29(26-19-12-20-26)31-24(5)30(32)27-15-8-7-9-16-27/h7-9,15-16,21-25,28,30-32H,6,10-14,17-20H2,1-5H3/t21-,22?,23?,24?,28?,30?/m1/s1. The Balaban J connectivity index is 1.71. The van der Waals surface area contributed by atoms with Crippen molar-refractivity contribution in [3.63, 3.8) is 0 Å². The van der Waals surface area contributed by atoms with Crippen molar-refractivity contribution >= 4 is 0 Å². The minimum atomic E-state index is -0.478. The molecule has 0 saturated heterocycles. The van der Waals surface area contributed by atoms with E-state index in [1.54, 1.807) is 5.57 Å². The van der Waals surface area contributed by atoms with E-state index in [1.807, 2.05) is 30.3 Å². The Hall–Kier alpha value is -1.28. The third kappa shape index (κ3) is 6.40. The first kappa shape index (κ1) is 25.3. The number of allylic oxidation sites excluding steroid dienone is 2. The van der Waals surface area contributed by atoms with Crippen molar-refractivity contribution in [2.45, 2.75) is 111 Å². The van der Waals surface area contributed by atoms with Gasteiger partial charge in [-0.25, -0.2) is 0 Å². The fourth-order valence-corrected chi connectivity index (χ4v) is 6.01. The molecule has 6 atom stereocenters. The van der Waals surface area contributed by atoms with Gasteiger partial charge in [-0.3, -0.25) is 0 Å². The van der Waals surface area contributed by atoms with Gasteiger partial charge in [0.25, 0.3) is 0 Å². The van der Waals surface area contributed by atoms with Crippen LogP contribution in [0, 0.1) is 29.6 Å². The molecule has 0 spiro atoms. The van der Waals surface area contributed by atoms with E-state index in [2.05, 4.69) is 39.9 Å². The molecule has 2 N–H and O–H groups in total. The van der Waals surface area contributed by atoms with Gasteiger partial charge in [0.05, 0.1) is 12.1 Å². The molecule has 180 valence electrons. The smallest absolute Gasteiger partial charge is 0.0988 e. The maximum absolute atomic E-state index is 11.0. The minimum Gasteiger partial charge on any atom is -0.386 e. The molecule has 0 heterocycles. The van der Waals surface area contributed by atoms with E-state index in [4.69, 9.17) is 0 Å². The lowest BCUT2D eigenvalue weighted by Gasteiger charge is -2.44. The van der Waals surface area contributed by atoms with Gasteiger partial charge >= 0.3 is 0 Å². The number of hydrogen-bond acceptors (Lipinski definition) is 2. The second-order valence-electron chi connectivity index (χ2n) is 11.1. The van der Waals surface area contributed by atoms with Gasteiger partial charge in [-0.1, -0.05) is 109 Å². The minimum absolute atomic E-state index is 0.0192. The molecule has 2 nitrogen and oxygen atoms in total. The zero-order valence-corrected chi connectivity index (χ0v) is 21.4. The van der Waals surface area contributed by atoms with Gasteiger partial charge < -0.3 is 10.4 Å². The second-order valence-corrected chi connectivity index (χ2v) is 11.1. The molecule has 1 aromatic carbocycles. The average Bonchev–Trinajstić information content (AvgIpc) is 2.73. The zero-order valence-electron chi connectivity index (χ0n) is 21.4. The van der Waals surface area contributed by atoms with Crippen LogP contribution < -0.4 is 5.32 Å². The number of hydrogen-bond donors (Lipinski definition) is 2. The van der Waals surface area contributed by atoms with Crippen LogP contribution >= 0.6 is 0 Å². The fraction of sp³-hybridized carbons (Fsp3) is 0.733. The molecule has 0 bridgehead atoms. The molecule has 5 unspecified atom stereocenters. The van der Waals surface area contributed by atoms with Gasteiger partial charge in [0, 0.05) is 5.70 Å². The number of benzene rings is 1. The first-order valence-corrected chi connectivity index (χ1v) is 13.6. The molecule has 3 rings (SSSR count). The summed E-state index contributed by atoms with van der Waals surface area (Å²) in [6.45, 7) is 11.9. The molecule has 0 radical (unpaired) electrons. The van der Waals surface area contributed by atoms with E-state index in [-0.39, 0.29) is 6.04 Å². The van der Waals surface area contributed by atoms with Crippen molar-refractivity contribution in [2.75, 3.05) is 0 Å². The summed E-state index contributed by atoms with van der Waals surface area (Å²) in [6, 6.07) is 10.2. The summed E-state index contributed by atoms with van der Waals surface area (Å²) in [7, 11) is 0. The maximum atomic E-state index is 11.0. The summed E-state index contributed by atoms with van der Waals surface area (Å²) >= 11 is 0. The third-order valence-corrected chi connectivity index (χ3v) is 8.77. The largest absolute Gasteiger partial charge is 0.386 e. The Morgan fingerprint density at radius 1 is 1.00 bits per heavy atom. The first-order valence-electron chi connectivity index (χ1n) is 13.6. The first-order chi connectivity index (χ1) is 15.4. The molecule has 1 aromatic rings. The van der Waals surface area contributed by atoms with Crippen LogP contribution in [0.1, 0.15) is 110 Å². The van der Waals surface area contributed by atoms with Crippen molar-refractivity contribution in [1.29, 1.82) is 0 Å². The lowest BCUT2D eigenvalue weighted by Crippen LogP contribution is -2.41. The van der Waals surface area contributed by atoms with E-state index in [0.29, 0.717) is 5.92 Å². The number of aliphatic hydroxyl groups is 1. The Morgan fingerprint density at radius 3 is 2.22 bits per heavy atom. The van der Waals surface area contributed by atoms with Crippen LogP contribution in [0.2, 0.25) is 0 Å². The quantitative estimate of drug-likeness (QED) is 0.326. The number of rotatable bonds is 13. The van der Waals surface area contributed by atoms with Crippen molar-refractivity contribution in [1.82, 2.24) is 5.32 Å². The molecule has 32 heavy (non-hydrogen) atoms. The van der Waals surface area contributed by atoms with Crippen LogP contribution in [0.4, 0.5) is 0 Å². The highest BCUT2D eigenvalue weighted by molar-refractivity contribution is 5.24. The van der Waals surface area contributed by atoms with Crippen LogP contribution in [0.5, 0.6) is 0 Å². The normalized spacial score (nSPS) is 22.1. The Labute approximate surface area is 198 Å².